The van der Waals surface area contributed by atoms with E-state index >= 15 is 0 Å². The highest BCUT2D eigenvalue weighted by molar-refractivity contribution is 7.92. The molecule has 1 aromatic heterocycles. The Balaban J connectivity index is 1.57. The van der Waals surface area contributed by atoms with Gasteiger partial charge in [0.05, 0.1) is 17.5 Å². The molecule has 2 aliphatic rings. The minimum absolute atomic E-state index is 0.212. The molecule has 0 amide bonds. The van der Waals surface area contributed by atoms with Crippen molar-refractivity contribution in [3.8, 4) is 0 Å². The Bertz CT molecular complexity index is 552. The summed E-state index contributed by atoms with van der Waals surface area (Å²) < 4.78 is 25.6. The predicted molar refractivity (Wildman–Crippen MR) is 71.5 cm³/mol. The van der Waals surface area contributed by atoms with Crippen molar-refractivity contribution in [1.29, 1.82) is 0 Å². The molecule has 1 atom stereocenters. The molecule has 7 heteroatoms. The molecule has 1 unspecified atom stereocenters. The van der Waals surface area contributed by atoms with E-state index in [-0.39, 0.29) is 5.25 Å². The number of sulfone groups is 1. The Labute approximate surface area is 113 Å². The lowest BCUT2D eigenvalue weighted by Gasteiger charge is -2.15. The van der Waals surface area contributed by atoms with Crippen LogP contribution in [0.25, 0.3) is 0 Å². The van der Waals surface area contributed by atoms with Crippen molar-refractivity contribution in [2.75, 3.05) is 12.3 Å². The predicted octanol–water partition coefficient (Wildman–Crippen LogP) is 0.281. The molecule has 0 bridgehead atoms. The van der Waals surface area contributed by atoms with Crippen LogP contribution in [0, 0.1) is 0 Å². The summed E-state index contributed by atoms with van der Waals surface area (Å²) >= 11 is 0. The van der Waals surface area contributed by atoms with Gasteiger partial charge in [-0.15, -0.1) is 10.2 Å². The molecule has 0 aliphatic carbocycles. The first kappa shape index (κ1) is 13.1. The highest BCUT2D eigenvalue weighted by Crippen LogP contribution is 2.19. The number of hydrogen-bond acceptors (Lipinski definition) is 5. The van der Waals surface area contributed by atoms with E-state index in [2.05, 4.69) is 20.1 Å². The van der Waals surface area contributed by atoms with Crippen molar-refractivity contribution in [1.82, 2.24) is 20.1 Å². The summed E-state index contributed by atoms with van der Waals surface area (Å²) in [6, 6.07) is 0. The largest absolute Gasteiger partial charge is 0.314 e. The number of fused-ring (bicyclic) bond motifs is 1. The van der Waals surface area contributed by atoms with Crippen LogP contribution in [0.2, 0.25) is 0 Å². The Hall–Kier alpha value is -0.950. The third-order valence-electron chi connectivity index (χ3n) is 4.05. The summed E-state index contributed by atoms with van der Waals surface area (Å²) in [6.45, 7) is 2.13. The first-order valence-corrected chi connectivity index (χ1v) is 8.71. The van der Waals surface area contributed by atoms with Gasteiger partial charge in [-0.1, -0.05) is 0 Å². The van der Waals surface area contributed by atoms with Crippen molar-refractivity contribution in [3.05, 3.63) is 11.6 Å². The SMILES string of the molecule is O=S1(=O)CCCC1CNCc1nnc2n1CCCC2. The normalized spacial score (nSPS) is 25.4. The zero-order valence-electron chi connectivity index (χ0n) is 11.0. The summed E-state index contributed by atoms with van der Waals surface area (Å²) in [5.41, 5.74) is 0. The van der Waals surface area contributed by atoms with Gasteiger partial charge in [0.1, 0.15) is 11.6 Å². The second-order valence-corrected chi connectivity index (χ2v) is 7.80. The van der Waals surface area contributed by atoms with Crippen molar-refractivity contribution in [3.63, 3.8) is 0 Å². The van der Waals surface area contributed by atoms with E-state index in [1.165, 1.54) is 12.8 Å². The molecule has 2 aliphatic heterocycles. The topological polar surface area (TPSA) is 76.9 Å². The lowest BCUT2D eigenvalue weighted by Crippen LogP contribution is -2.31. The van der Waals surface area contributed by atoms with E-state index in [1.807, 2.05) is 0 Å². The van der Waals surface area contributed by atoms with E-state index in [9.17, 15) is 8.42 Å². The zero-order chi connectivity index (χ0) is 13.3. The molecule has 1 saturated heterocycles. The van der Waals surface area contributed by atoms with Crippen molar-refractivity contribution >= 4 is 9.84 Å². The number of nitrogens with one attached hydrogen (secondary N) is 1. The highest BCUT2D eigenvalue weighted by Gasteiger charge is 2.30. The zero-order valence-corrected chi connectivity index (χ0v) is 11.8. The van der Waals surface area contributed by atoms with Gasteiger partial charge in [0, 0.05) is 19.5 Å². The van der Waals surface area contributed by atoms with Crippen LogP contribution in [0.4, 0.5) is 0 Å². The molecule has 106 valence electrons. The average Bonchev–Trinajstić information content (AvgIpc) is 2.94. The van der Waals surface area contributed by atoms with Crippen molar-refractivity contribution < 1.29 is 8.42 Å². The summed E-state index contributed by atoms with van der Waals surface area (Å²) in [5.74, 6) is 2.35. The highest BCUT2D eigenvalue weighted by atomic mass is 32.2. The molecule has 0 saturated carbocycles. The van der Waals surface area contributed by atoms with Crippen LogP contribution in [-0.4, -0.2) is 40.7 Å². The van der Waals surface area contributed by atoms with Crippen LogP contribution in [0.3, 0.4) is 0 Å². The van der Waals surface area contributed by atoms with E-state index in [4.69, 9.17) is 0 Å². The molecule has 3 rings (SSSR count). The lowest BCUT2D eigenvalue weighted by molar-refractivity contribution is 0.495. The Kier molecular flexibility index (Phi) is 3.58. The fourth-order valence-electron chi connectivity index (χ4n) is 2.93. The summed E-state index contributed by atoms with van der Waals surface area (Å²) in [4.78, 5) is 0. The molecular weight excluding hydrogens is 264 g/mol. The van der Waals surface area contributed by atoms with E-state index < -0.39 is 9.84 Å². The molecule has 1 aromatic rings. The van der Waals surface area contributed by atoms with Crippen LogP contribution in [0.1, 0.15) is 37.3 Å². The summed E-state index contributed by atoms with van der Waals surface area (Å²) in [5, 5.41) is 11.4. The van der Waals surface area contributed by atoms with Gasteiger partial charge >= 0.3 is 0 Å². The molecule has 3 heterocycles. The molecule has 0 aromatic carbocycles. The second kappa shape index (κ2) is 5.20. The number of nitrogens with zero attached hydrogens (tertiary/aromatic N) is 3. The first-order valence-electron chi connectivity index (χ1n) is 7.00. The minimum atomic E-state index is -2.85. The first-order chi connectivity index (χ1) is 9.17. The number of aromatic nitrogens is 3. The Morgan fingerprint density at radius 2 is 2.16 bits per heavy atom. The third kappa shape index (κ3) is 2.67. The standard InChI is InChI=1S/C12H20N4O2S/c17-19(18)7-3-4-10(19)8-13-9-12-15-14-11-5-1-2-6-16(11)12/h10,13H,1-9H2. The molecule has 0 spiro atoms. The van der Waals surface area contributed by atoms with Gasteiger partial charge in [0.15, 0.2) is 9.84 Å². The van der Waals surface area contributed by atoms with Crippen LogP contribution in [-0.2, 0) is 29.3 Å². The van der Waals surface area contributed by atoms with E-state index in [0.29, 0.717) is 18.8 Å². The third-order valence-corrected chi connectivity index (χ3v) is 6.33. The molecule has 6 nitrogen and oxygen atoms in total. The summed E-state index contributed by atoms with van der Waals surface area (Å²) in [6.07, 6.45) is 4.95. The number of rotatable bonds is 4. The fourth-order valence-corrected chi connectivity index (χ4v) is 4.73. The summed E-state index contributed by atoms with van der Waals surface area (Å²) in [7, 11) is -2.85. The van der Waals surface area contributed by atoms with Gasteiger partial charge in [-0.05, 0) is 25.7 Å². The van der Waals surface area contributed by atoms with Crippen LogP contribution < -0.4 is 5.32 Å². The van der Waals surface area contributed by atoms with Gasteiger partial charge in [-0.3, -0.25) is 0 Å². The smallest absolute Gasteiger partial charge is 0.154 e. The molecular formula is C12H20N4O2S. The number of hydrogen-bond donors (Lipinski definition) is 1. The molecule has 1 N–H and O–H groups in total. The van der Waals surface area contributed by atoms with Gasteiger partial charge in [-0.2, -0.15) is 0 Å². The average molecular weight is 284 g/mol. The minimum Gasteiger partial charge on any atom is -0.314 e. The maximum Gasteiger partial charge on any atom is 0.154 e. The second-order valence-electron chi connectivity index (χ2n) is 5.40. The van der Waals surface area contributed by atoms with E-state index in [0.717, 1.165) is 37.5 Å². The van der Waals surface area contributed by atoms with Gasteiger partial charge < -0.3 is 9.88 Å². The number of aryl methyl sites for hydroxylation is 1. The Morgan fingerprint density at radius 3 is 2.95 bits per heavy atom. The maximum absolute atomic E-state index is 11.7. The van der Waals surface area contributed by atoms with Gasteiger partial charge in [-0.25, -0.2) is 8.42 Å². The molecule has 1 fully saturated rings. The van der Waals surface area contributed by atoms with Crippen LogP contribution >= 0.6 is 0 Å². The Morgan fingerprint density at radius 1 is 1.26 bits per heavy atom. The van der Waals surface area contributed by atoms with Gasteiger partial charge in [0.2, 0.25) is 0 Å². The van der Waals surface area contributed by atoms with Crippen molar-refractivity contribution in [2.24, 2.45) is 0 Å². The van der Waals surface area contributed by atoms with Crippen molar-refractivity contribution in [2.45, 2.75) is 50.4 Å². The monoisotopic (exact) mass is 284 g/mol. The maximum atomic E-state index is 11.7. The fraction of sp³-hybridized carbons (Fsp3) is 0.833. The lowest BCUT2D eigenvalue weighted by atomic mass is 10.2. The van der Waals surface area contributed by atoms with Crippen LogP contribution in [0.5, 0.6) is 0 Å². The molecule has 19 heavy (non-hydrogen) atoms. The van der Waals surface area contributed by atoms with Crippen LogP contribution in [0.15, 0.2) is 0 Å². The van der Waals surface area contributed by atoms with E-state index in [1.54, 1.807) is 0 Å². The molecule has 0 radical (unpaired) electrons. The quantitative estimate of drug-likeness (QED) is 0.859. The van der Waals surface area contributed by atoms with Gasteiger partial charge in [0.25, 0.3) is 0 Å².